The summed E-state index contributed by atoms with van der Waals surface area (Å²) >= 11 is 4.11. The van der Waals surface area contributed by atoms with Gasteiger partial charge in [-0.15, -0.1) is 34.4 Å². The number of nitrogens with two attached hydrogens (primary N) is 1. The van der Waals surface area contributed by atoms with Crippen molar-refractivity contribution in [2.45, 2.75) is 16.6 Å². The van der Waals surface area contributed by atoms with Gasteiger partial charge in [0.05, 0.1) is 27.1 Å². The number of ether oxygens (including phenoxy) is 1. The number of amides is 3. The van der Waals surface area contributed by atoms with Crippen LogP contribution in [0.2, 0.25) is 0 Å². The van der Waals surface area contributed by atoms with E-state index in [1.54, 1.807) is 29.5 Å². The first kappa shape index (κ1) is 25.6. The molecule has 1 aliphatic rings. The number of carbonyl (C=O) groups is 4. The van der Waals surface area contributed by atoms with E-state index in [0.717, 1.165) is 20.4 Å². The van der Waals surface area contributed by atoms with Crippen molar-refractivity contribution in [2.75, 3.05) is 22.6 Å². The number of esters is 1. The number of nitrogens with one attached hydrogen (secondary N) is 1. The maximum atomic E-state index is 12.9. The SMILES string of the molecule is Nc1cccc(SC2CC(=O)N(c3ccc(C(=O)OCC(=O)Nc4nc(-c5cccs5)cs4)cc3)C2=O)c1. The molecule has 1 fully saturated rings. The quantitative estimate of drug-likeness (QED) is 0.179. The first-order chi connectivity index (χ1) is 18.4. The van der Waals surface area contributed by atoms with Gasteiger partial charge in [0.1, 0.15) is 0 Å². The number of aromatic nitrogens is 1. The average Bonchev–Trinajstić information content (AvgIpc) is 3.64. The van der Waals surface area contributed by atoms with Crippen LogP contribution in [0.25, 0.3) is 10.6 Å². The highest BCUT2D eigenvalue weighted by molar-refractivity contribution is 8.00. The van der Waals surface area contributed by atoms with E-state index < -0.39 is 23.7 Å². The summed E-state index contributed by atoms with van der Waals surface area (Å²) in [6.07, 6.45) is 0.0606. The standard InChI is InChI=1S/C26H20N4O5S3/c27-16-3-1-4-18(11-16)38-21-12-23(32)30(24(21)33)17-8-6-15(7-9-17)25(34)35-13-22(31)29-26-28-19(14-37-26)20-5-2-10-36-20/h1-11,14,21H,12-13,27H2,(H,28,29,31). The van der Waals surface area contributed by atoms with Crippen molar-refractivity contribution in [1.29, 1.82) is 0 Å². The molecular formula is C26H20N4O5S3. The van der Waals surface area contributed by atoms with Gasteiger partial charge in [0.15, 0.2) is 11.7 Å². The topological polar surface area (TPSA) is 132 Å². The van der Waals surface area contributed by atoms with Gasteiger partial charge in [0, 0.05) is 22.4 Å². The lowest BCUT2D eigenvalue weighted by atomic mass is 10.2. The predicted molar refractivity (Wildman–Crippen MR) is 148 cm³/mol. The van der Waals surface area contributed by atoms with E-state index in [2.05, 4.69) is 10.3 Å². The van der Waals surface area contributed by atoms with Gasteiger partial charge in [-0.2, -0.15) is 0 Å². The number of hydrogen-bond donors (Lipinski definition) is 2. The Morgan fingerprint density at radius 2 is 1.92 bits per heavy atom. The van der Waals surface area contributed by atoms with Gasteiger partial charge in [-0.05, 0) is 53.9 Å². The minimum absolute atomic E-state index is 0.0606. The number of thiophene rings is 1. The van der Waals surface area contributed by atoms with E-state index >= 15 is 0 Å². The van der Waals surface area contributed by atoms with Gasteiger partial charge in [-0.25, -0.2) is 14.7 Å². The van der Waals surface area contributed by atoms with E-state index in [4.69, 9.17) is 10.5 Å². The molecule has 9 nitrogen and oxygen atoms in total. The highest BCUT2D eigenvalue weighted by Crippen LogP contribution is 2.34. The maximum Gasteiger partial charge on any atom is 0.338 e. The van der Waals surface area contributed by atoms with Crippen LogP contribution >= 0.6 is 34.4 Å². The van der Waals surface area contributed by atoms with Crippen LogP contribution in [0.4, 0.5) is 16.5 Å². The monoisotopic (exact) mass is 564 g/mol. The number of benzene rings is 2. The van der Waals surface area contributed by atoms with Crippen LogP contribution in [0.15, 0.2) is 76.3 Å². The number of anilines is 3. The number of imide groups is 1. The summed E-state index contributed by atoms with van der Waals surface area (Å²) in [5, 5.41) is 6.24. The van der Waals surface area contributed by atoms with Gasteiger partial charge < -0.3 is 10.5 Å². The Morgan fingerprint density at radius 3 is 2.66 bits per heavy atom. The van der Waals surface area contributed by atoms with Crippen LogP contribution in [-0.4, -0.2) is 40.5 Å². The largest absolute Gasteiger partial charge is 0.452 e. The summed E-state index contributed by atoms with van der Waals surface area (Å²) in [6, 6.07) is 16.9. The zero-order chi connectivity index (χ0) is 26.6. The molecule has 3 N–H and O–H groups in total. The van der Waals surface area contributed by atoms with Crippen molar-refractivity contribution in [2.24, 2.45) is 0 Å². The molecule has 12 heteroatoms. The molecule has 1 unspecified atom stereocenters. The maximum absolute atomic E-state index is 12.9. The Kier molecular flexibility index (Phi) is 7.54. The number of thiazole rings is 1. The molecule has 2 aromatic heterocycles. The first-order valence-corrected chi connectivity index (χ1v) is 14.0. The highest BCUT2D eigenvalue weighted by Gasteiger charge is 2.40. The lowest BCUT2D eigenvalue weighted by Gasteiger charge is -2.15. The molecule has 0 saturated carbocycles. The minimum Gasteiger partial charge on any atom is -0.452 e. The molecule has 0 radical (unpaired) electrons. The highest BCUT2D eigenvalue weighted by atomic mass is 32.2. The zero-order valence-electron chi connectivity index (χ0n) is 19.7. The van der Waals surface area contributed by atoms with Gasteiger partial charge >= 0.3 is 5.97 Å². The molecule has 3 amide bonds. The van der Waals surface area contributed by atoms with Gasteiger partial charge in [-0.3, -0.25) is 19.7 Å². The fourth-order valence-electron chi connectivity index (χ4n) is 3.70. The number of rotatable bonds is 8. The Hall–Kier alpha value is -4.00. The molecule has 4 aromatic rings. The van der Waals surface area contributed by atoms with E-state index in [-0.39, 0.29) is 23.8 Å². The van der Waals surface area contributed by atoms with Crippen LogP contribution in [0.1, 0.15) is 16.8 Å². The molecule has 1 saturated heterocycles. The molecule has 192 valence electrons. The average molecular weight is 565 g/mol. The Labute approximate surface area is 229 Å². The van der Waals surface area contributed by atoms with Gasteiger partial charge in [0.2, 0.25) is 11.8 Å². The third-order valence-electron chi connectivity index (χ3n) is 5.46. The summed E-state index contributed by atoms with van der Waals surface area (Å²) in [6.45, 7) is -0.486. The molecule has 2 aromatic carbocycles. The van der Waals surface area contributed by atoms with Gasteiger partial charge in [-0.1, -0.05) is 12.1 Å². The summed E-state index contributed by atoms with van der Waals surface area (Å²) in [7, 11) is 0. The van der Waals surface area contributed by atoms with Crippen molar-refractivity contribution in [3.05, 3.63) is 77.0 Å². The summed E-state index contributed by atoms with van der Waals surface area (Å²) < 4.78 is 5.11. The molecule has 1 atom stereocenters. The lowest BCUT2D eigenvalue weighted by molar-refractivity contribution is -0.121. The van der Waals surface area contributed by atoms with Crippen LogP contribution < -0.4 is 16.0 Å². The van der Waals surface area contributed by atoms with E-state index in [1.165, 1.54) is 47.4 Å². The molecule has 0 aliphatic carbocycles. The van der Waals surface area contributed by atoms with Crippen LogP contribution in [0.3, 0.4) is 0 Å². The lowest BCUT2D eigenvalue weighted by Crippen LogP contribution is -2.31. The van der Waals surface area contributed by atoms with E-state index in [9.17, 15) is 19.2 Å². The normalized spacial score (nSPS) is 15.1. The fourth-order valence-corrected chi connectivity index (χ4v) is 6.31. The van der Waals surface area contributed by atoms with Crippen molar-refractivity contribution in [3.8, 4) is 10.6 Å². The minimum atomic E-state index is -0.709. The van der Waals surface area contributed by atoms with Crippen molar-refractivity contribution >= 4 is 74.6 Å². The summed E-state index contributed by atoms with van der Waals surface area (Å²) in [5.41, 5.74) is 7.69. The smallest absolute Gasteiger partial charge is 0.338 e. The second-order valence-electron chi connectivity index (χ2n) is 8.14. The fraction of sp³-hybridized carbons (Fsp3) is 0.115. The Bertz CT molecular complexity index is 1500. The second-order valence-corrected chi connectivity index (χ2v) is 11.2. The third kappa shape index (κ3) is 5.77. The van der Waals surface area contributed by atoms with Crippen LogP contribution in [0.5, 0.6) is 0 Å². The molecule has 0 bridgehead atoms. The molecule has 0 spiro atoms. The van der Waals surface area contributed by atoms with Crippen molar-refractivity contribution < 1.29 is 23.9 Å². The third-order valence-corrected chi connectivity index (χ3v) is 8.29. The van der Waals surface area contributed by atoms with E-state index in [0.29, 0.717) is 16.5 Å². The molecule has 5 rings (SSSR count). The number of carbonyl (C=O) groups excluding carboxylic acids is 4. The number of nitrogen functional groups attached to an aromatic ring is 1. The summed E-state index contributed by atoms with van der Waals surface area (Å²) in [4.78, 5) is 57.4. The molecular weight excluding hydrogens is 545 g/mol. The molecule has 3 heterocycles. The Balaban J connectivity index is 1.15. The number of hydrogen-bond acceptors (Lipinski definition) is 10. The molecule has 38 heavy (non-hydrogen) atoms. The number of nitrogens with zero attached hydrogens (tertiary/aromatic N) is 2. The van der Waals surface area contributed by atoms with E-state index in [1.807, 2.05) is 29.0 Å². The van der Waals surface area contributed by atoms with Crippen molar-refractivity contribution in [1.82, 2.24) is 4.98 Å². The predicted octanol–water partition coefficient (Wildman–Crippen LogP) is 4.67. The first-order valence-electron chi connectivity index (χ1n) is 11.3. The molecule has 1 aliphatic heterocycles. The van der Waals surface area contributed by atoms with Gasteiger partial charge in [0.25, 0.3) is 5.91 Å². The van der Waals surface area contributed by atoms with Crippen LogP contribution in [0, 0.1) is 0 Å². The number of thioether (sulfide) groups is 1. The second kappa shape index (κ2) is 11.2. The van der Waals surface area contributed by atoms with Crippen molar-refractivity contribution in [3.63, 3.8) is 0 Å². The summed E-state index contributed by atoms with van der Waals surface area (Å²) in [5.74, 6) is -1.88. The Morgan fingerprint density at radius 1 is 1.11 bits per heavy atom. The van der Waals surface area contributed by atoms with Crippen LogP contribution in [-0.2, 0) is 19.1 Å². The zero-order valence-corrected chi connectivity index (χ0v) is 22.1.